The van der Waals surface area contributed by atoms with Gasteiger partial charge in [-0.05, 0) is 32.0 Å². The zero-order valence-corrected chi connectivity index (χ0v) is 11.9. The summed E-state index contributed by atoms with van der Waals surface area (Å²) in [4.78, 5) is 25.1. The molecule has 1 aromatic rings. The number of nitrogens with one attached hydrogen (secondary N) is 1. The van der Waals surface area contributed by atoms with E-state index in [2.05, 4.69) is 10.1 Å². The Kier molecular flexibility index (Phi) is 6.58. The van der Waals surface area contributed by atoms with Crippen LogP contribution in [0.3, 0.4) is 0 Å². The molecule has 0 saturated carbocycles. The first-order chi connectivity index (χ1) is 9.97. The molecule has 1 aromatic carbocycles. The summed E-state index contributed by atoms with van der Waals surface area (Å²) >= 11 is 0. The second-order valence-corrected chi connectivity index (χ2v) is 4.18. The molecule has 1 N–H and O–H groups in total. The van der Waals surface area contributed by atoms with Gasteiger partial charge in [0.05, 0.1) is 6.54 Å². The van der Waals surface area contributed by atoms with E-state index in [0.717, 1.165) is 0 Å². The number of hydrogen-bond acceptors (Lipinski definition) is 3. The zero-order valence-electron chi connectivity index (χ0n) is 11.9. The van der Waals surface area contributed by atoms with Crippen LogP contribution in [0, 0.1) is 0 Å². The van der Waals surface area contributed by atoms with E-state index in [-0.39, 0.29) is 23.8 Å². The normalized spacial score (nSPS) is 10.3. The van der Waals surface area contributed by atoms with Crippen LogP contribution in [0.25, 0.3) is 0 Å². The van der Waals surface area contributed by atoms with Crippen LogP contribution in [0.5, 0.6) is 5.75 Å². The number of likely N-dealkylation sites (N-methyl/N-ethyl adjacent to an activating group) is 2. The Morgan fingerprint density at radius 2 is 2.05 bits per heavy atom. The summed E-state index contributed by atoms with van der Waals surface area (Å²) in [6, 6.07) is 5.50. The van der Waals surface area contributed by atoms with Crippen molar-refractivity contribution < 1.29 is 23.1 Å². The molecule has 5 nitrogen and oxygen atoms in total. The van der Waals surface area contributed by atoms with Crippen LogP contribution in [0.4, 0.5) is 8.78 Å². The Hall–Kier alpha value is -2.18. The Morgan fingerprint density at radius 3 is 2.62 bits per heavy atom. The lowest BCUT2D eigenvalue weighted by atomic mass is 10.2. The van der Waals surface area contributed by atoms with Crippen molar-refractivity contribution in [3.63, 3.8) is 0 Å². The lowest BCUT2D eigenvalue weighted by Gasteiger charge is -2.20. The summed E-state index contributed by atoms with van der Waals surface area (Å²) in [6.45, 7) is 1.28. The Bertz CT molecular complexity index is 495. The van der Waals surface area contributed by atoms with Crippen LogP contribution >= 0.6 is 0 Å². The Morgan fingerprint density at radius 1 is 1.33 bits per heavy atom. The number of alkyl halides is 2. The summed E-state index contributed by atoms with van der Waals surface area (Å²) < 4.78 is 28.6. The number of nitrogens with zero attached hydrogens (tertiary/aromatic N) is 1. The molecule has 21 heavy (non-hydrogen) atoms. The lowest BCUT2D eigenvalue weighted by Crippen LogP contribution is -2.40. The average Bonchev–Trinajstić information content (AvgIpc) is 2.44. The van der Waals surface area contributed by atoms with E-state index in [0.29, 0.717) is 13.1 Å². The van der Waals surface area contributed by atoms with E-state index in [4.69, 9.17) is 0 Å². The number of ether oxygens (including phenoxy) is 1. The van der Waals surface area contributed by atoms with Crippen molar-refractivity contribution in [1.82, 2.24) is 10.2 Å². The molecule has 0 aliphatic heterocycles. The van der Waals surface area contributed by atoms with Crippen molar-refractivity contribution in [2.24, 2.45) is 0 Å². The maximum absolute atomic E-state index is 12.3. The SMILES string of the molecule is CCNC(=O)CN(CC)C(=O)c1cccc(OC(F)F)c1. The smallest absolute Gasteiger partial charge is 0.387 e. The summed E-state index contributed by atoms with van der Waals surface area (Å²) in [5.74, 6) is -0.777. The van der Waals surface area contributed by atoms with E-state index in [1.807, 2.05) is 0 Å². The molecule has 2 amide bonds. The topological polar surface area (TPSA) is 58.6 Å². The standard InChI is InChI=1S/C14H18F2N2O3/c1-3-17-12(19)9-18(4-2)13(20)10-6-5-7-11(8-10)21-14(15)16/h5-8,14H,3-4,9H2,1-2H3,(H,17,19). The van der Waals surface area contributed by atoms with Crippen LogP contribution in [0.15, 0.2) is 24.3 Å². The van der Waals surface area contributed by atoms with Crippen LogP contribution in [0.1, 0.15) is 24.2 Å². The van der Waals surface area contributed by atoms with Crippen LogP contribution < -0.4 is 10.1 Å². The second kappa shape index (κ2) is 8.18. The monoisotopic (exact) mass is 300 g/mol. The van der Waals surface area contributed by atoms with Crippen molar-refractivity contribution in [2.45, 2.75) is 20.5 Å². The van der Waals surface area contributed by atoms with Gasteiger partial charge in [0, 0.05) is 18.7 Å². The van der Waals surface area contributed by atoms with E-state index < -0.39 is 12.5 Å². The van der Waals surface area contributed by atoms with Gasteiger partial charge < -0.3 is 15.0 Å². The van der Waals surface area contributed by atoms with Gasteiger partial charge in [-0.1, -0.05) is 6.07 Å². The number of carbonyl (C=O) groups is 2. The van der Waals surface area contributed by atoms with E-state index in [9.17, 15) is 18.4 Å². The lowest BCUT2D eigenvalue weighted by molar-refractivity contribution is -0.121. The quantitative estimate of drug-likeness (QED) is 0.836. The first-order valence-electron chi connectivity index (χ1n) is 6.58. The fourth-order valence-corrected chi connectivity index (χ4v) is 1.74. The maximum Gasteiger partial charge on any atom is 0.387 e. The molecule has 0 atom stereocenters. The number of rotatable bonds is 7. The Labute approximate surface area is 121 Å². The van der Waals surface area contributed by atoms with Gasteiger partial charge in [-0.3, -0.25) is 9.59 Å². The van der Waals surface area contributed by atoms with Gasteiger partial charge in [0.1, 0.15) is 5.75 Å². The van der Waals surface area contributed by atoms with Crippen LogP contribution in [0.2, 0.25) is 0 Å². The Balaban J connectivity index is 2.82. The van der Waals surface area contributed by atoms with Crippen molar-refractivity contribution >= 4 is 11.8 Å². The summed E-state index contributed by atoms with van der Waals surface area (Å²) in [6.07, 6.45) is 0. The van der Waals surface area contributed by atoms with Crippen LogP contribution in [-0.4, -0.2) is 43.0 Å². The molecule has 0 saturated heterocycles. The molecule has 1 rings (SSSR count). The molecule has 0 bridgehead atoms. The molecule has 0 aromatic heterocycles. The number of carbonyl (C=O) groups excluding carboxylic acids is 2. The summed E-state index contributed by atoms with van der Waals surface area (Å²) in [5.41, 5.74) is 0.194. The number of halogens is 2. The van der Waals surface area contributed by atoms with E-state index >= 15 is 0 Å². The third kappa shape index (κ3) is 5.37. The molecule has 0 fully saturated rings. The molecule has 0 aliphatic carbocycles. The van der Waals surface area contributed by atoms with Gasteiger partial charge in [0.25, 0.3) is 5.91 Å². The third-order valence-corrected chi connectivity index (χ3v) is 2.68. The molecule has 0 aliphatic rings. The van der Waals surface area contributed by atoms with Crippen molar-refractivity contribution in [2.75, 3.05) is 19.6 Å². The summed E-state index contributed by atoms with van der Waals surface area (Å²) in [7, 11) is 0. The van der Waals surface area contributed by atoms with Crippen molar-refractivity contribution in [3.05, 3.63) is 29.8 Å². The summed E-state index contributed by atoms with van der Waals surface area (Å²) in [5, 5.41) is 2.60. The molecule has 0 spiro atoms. The van der Waals surface area contributed by atoms with Crippen LogP contribution in [-0.2, 0) is 4.79 Å². The fourth-order valence-electron chi connectivity index (χ4n) is 1.74. The second-order valence-electron chi connectivity index (χ2n) is 4.18. The van der Waals surface area contributed by atoms with Gasteiger partial charge >= 0.3 is 6.61 Å². The largest absolute Gasteiger partial charge is 0.435 e. The average molecular weight is 300 g/mol. The predicted octanol–water partition coefficient (Wildman–Crippen LogP) is 1.89. The highest BCUT2D eigenvalue weighted by atomic mass is 19.3. The van der Waals surface area contributed by atoms with Gasteiger partial charge in [0.2, 0.25) is 5.91 Å². The number of amides is 2. The highest BCUT2D eigenvalue weighted by molar-refractivity contribution is 5.96. The number of benzene rings is 1. The molecule has 7 heteroatoms. The molecule has 0 unspecified atom stereocenters. The molecular formula is C14H18F2N2O3. The fraction of sp³-hybridized carbons (Fsp3) is 0.429. The highest BCUT2D eigenvalue weighted by Gasteiger charge is 2.18. The first kappa shape index (κ1) is 16.9. The minimum absolute atomic E-state index is 0.0803. The minimum atomic E-state index is -2.95. The molecular weight excluding hydrogens is 282 g/mol. The van der Waals surface area contributed by atoms with Crippen molar-refractivity contribution in [3.8, 4) is 5.75 Å². The zero-order chi connectivity index (χ0) is 15.8. The molecule has 0 heterocycles. The van der Waals surface area contributed by atoms with Gasteiger partial charge in [-0.2, -0.15) is 8.78 Å². The van der Waals surface area contributed by atoms with Gasteiger partial charge in [0.15, 0.2) is 0 Å². The first-order valence-corrected chi connectivity index (χ1v) is 6.58. The van der Waals surface area contributed by atoms with Gasteiger partial charge in [-0.25, -0.2) is 0 Å². The highest BCUT2D eigenvalue weighted by Crippen LogP contribution is 2.17. The molecule has 0 radical (unpaired) electrons. The predicted molar refractivity (Wildman–Crippen MR) is 73.3 cm³/mol. The maximum atomic E-state index is 12.3. The van der Waals surface area contributed by atoms with Crippen molar-refractivity contribution in [1.29, 1.82) is 0 Å². The van der Waals surface area contributed by atoms with E-state index in [1.54, 1.807) is 13.8 Å². The molecule has 116 valence electrons. The number of hydrogen-bond donors (Lipinski definition) is 1. The van der Waals surface area contributed by atoms with Gasteiger partial charge in [-0.15, -0.1) is 0 Å². The third-order valence-electron chi connectivity index (χ3n) is 2.68. The minimum Gasteiger partial charge on any atom is -0.435 e. The van der Waals surface area contributed by atoms with E-state index in [1.165, 1.54) is 29.2 Å².